The molecule has 38 heavy (non-hydrogen) atoms. The van der Waals surface area contributed by atoms with Crippen molar-refractivity contribution >= 4 is 55.8 Å². The zero-order valence-electron chi connectivity index (χ0n) is 21.2. The number of benzene rings is 1. The molecular formula is C25H28N4O6S3. The van der Waals surface area contributed by atoms with Crippen molar-refractivity contribution in [2.75, 3.05) is 37.5 Å². The number of nitrogens with zero attached hydrogens (tertiary/aromatic N) is 3. The Labute approximate surface area is 229 Å². The zero-order valence-corrected chi connectivity index (χ0v) is 23.6. The number of sulfone groups is 1. The number of thiazole rings is 1. The molecule has 1 aromatic carbocycles. The van der Waals surface area contributed by atoms with Gasteiger partial charge in [0.2, 0.25) is 5.91 Å². The number of hydrogen-bond acceptors (Lipinski definition) is 11. The lowest BCUT2D eigenvalue weighted by Crippen LogP contribution is -2.36. The van der Waals surface area contributed by atoms with Crippen molar-refractivity contribution in [1.29, 1.82) is 0 Å². The van der Waals surface area contributed by atoms with Crippen molar-refractivity contribution < 1.29 is 27.5 Å². The summed E-state index contributed by atoms with van der Waals surface area (Å²) in [6, 6.07) is 7.85. The van der Waals surface area contributed by atoms with E-state index < -0.39 is 9.84 Å². The van der Waals surface area contributed by atoms with Gasteiger partial charge in [0.1, 0.15) is 5.75 Å². The van der Waals surface area contributed by atoms with Crippen molar-refractivity contribution in [2.24, 2.45) is 0 Å². The number of hydrogen-bond donors (Lipinski definition) is 1. The molecule has 1 aliphatic rings. The Kier molecular flexibility index (Phi) is 8.90. The maximum absolute atomic E-state index is 11.8. The van der Waals surface area contributed by atoms with Crippen molar-refractivity contribution in [3.8, 4) is 11.5 Å². The number of rotatable bonds is 9. The topological polar surface area (TPSA) is 128 Å². The molecule has 0 bridgehead atoms. The van der Waals surface area contributed by atoms with Gasteiger partial charge in [0.05, 0.1) is 23.5 Å². The molecule has 3 heterocycles. The van der Waals surface area contributed by atoms with Gasteiger partial charge in [-0.3, -0.25) is 9.59 Å². The minimum absolute atomic E-state index is 0.0989. The van der Waals surface area contributed by atoms with Crippen LogP contribution in [0.15, 0.2) is 51.7 Å². The van der Waals surface area contributed by atoms with Gasteiger partial charge in [-0.15, -0.1) is 23.1 Å². The van der Waals surface area contributed by atoms with Crippen LogP contribution in [0.25, 0.3) is 0 Å². The van der Waals surface area contributed by atoms with Gasteiger partial charge in [-0.25, -0.2) is 18.4 Å². The highest BCUT2D eigenvalue weighted by Crippen LogP contribution is 2.36. The lowest BCUT2D eigenvalue weighted by Gasteiger charge is -2.30. The maximum Gasteiger partial charge on any atom is 0.315 e. The minimum atomic E-state index is -3.33. The Morgan fingerprint density at radius 3 is 2.55 bits per heavy atom. The molecule has 0 unspecified atom stereocenters. The van der Waals surface area contributed by atoms with E-state index in [1.807, 2.05) is 10.3 Å². The van der Waals surface area contributed by atoms with Gasteiger partial charge in [-0.05, 0) is 43.2 Å². The number of nitrogens with one attached hydrogen (secondary N) is 1. The quantitative estimate of drug-likeness (QED) is 0.288. The molecule has 3 aromatic rings. The molecule has 1 aliphatic heterocycles. The standard InChI is InChI=1S/C25H28N4O6S3/c1-16(30)29-10-8-17(9-11-29)21-14-37-25(27-21)28-24-22(12-19(13-26-24)36-15-23(31)34-2)35-18-4-6-20(7-5-18)38(3,32)33/h4-7,12-14,17H,8-11,15H2,1-3H3,(H,26,27,28). The fraction of sp³-hybridized carbons (Fsp3) is 0.360. The summed E-state index contributed by atoms with van der Waals surface area (Å²) < 4.78 is 34.4. The van der Waals surface area contributed by atoms with Crippen LogP contribution in [0.4, 0.5) is 10.9 Å². The molecular weight excluding hydrogens is 548 g/mol. The van der Waals surface area contributed by atoms with E-state index in [0.717, 1.165) is 37.9 Å². The summed E-state index contributed by atoms with van der Waals surface area (Å²) >= 11 is 2.71. The van der Waals surface area contributed by atoms with Crippen molar-refractivity contribution in [3.63, 3.8) is 0 Å². The number of piperidine rings is 1. The predicted octanol–water partition coefficient (Wildman–Crippen LogP) is 4.47. The third kappa shape index (κ3) is 7.23. The second-order valence-electron chi connectivity index (χ2n) is 8.71. The van der Waals surface area contributed by atoms with Gasteiger partial charge in [0.25, 0.3) is 0 Å². The fourth-order valence-corrected chi connectivity index (χ4v) is 6.02. The van der Waals surface area contributed by atoms with Gasteiger partial charge < -0.3 is 19.7 Å². The van der Waals surface area contributed by atoms with Gasteiger partial charge >= 0.3 is 5.97 Å². The summed E-state index contributed by atoms with van der Waals surface area (Å²) in [5, 5.41) is 5.89. The third-order valence-corrected chi connectivity index (χ3v) is 8.84. The molecule has 1 N–H and O–H groups in total. The molecule has 2 aromatic heterocycles. The van der Waals surface area contributed by atoms with E-state index in [4.69, 9.17) is 14.5 Å². The fourth-order valence-electron chi connectivity index (χ4n) is 3.88. The highest BCUT2D eigenvalue weighted by atomic mass is 32.2. The van der Waals surface area contributed by atoms with Gasteiger partial charge in [-0.2, -0.15) is 0 Å². The SMILES string of the molecule is COC(=O)CSc1cnc(Nc2nc(C3CCN(C(C)=O)CC3)cs2)c(Oc2ccc(S(C)(=O)=O)cc2)c1. The lowest BCUT2D eigenvalue weighted by molar-refractivity contribution is -0.137. The Balaban J connectivity index is 1.53. The summed E-state index contributed by atoms with van der Waals surface area (Å²) in [6.07, 6.45) is 4.50. The molecule has 4 rings (SSSR count). The molecule has 0 saturated carbocycles. The highest BCUT2D eigenvalue weighted by molar-refractivity contribution is 8.00. The zero-order chi connectivity index (χ0) is 27.3. The summed E-state index contributed by atoms with van der Waals surface area (Å²) in [4.78, 5) is 35.2. The summed E-state index contributed by atoms with van der Waals surface area (Å²) in [6.45, 7) is 3.04. The first-order valence-electron chi connectivity index (χ1n) is 11.8. The van der Waals surface area contributed by atoms with Crippen molar-refractivity contribution in [3.05, 3.63) is 47.6 Å². The molecule has 202 valence electrons. The molecule has 0 aliphatic carbocycles. The Morgan fingerprint density at radius 1 is 1.21 bits per heavy atom. The first kappa shape index (κ1) is 27.9. The number of amides is 1. The Morgan fingerprint density at radius 2 is 1.92 bits per heavy atom. The monoisotopic (exact) mass is 576 g/mol. The van der Waals surface area contributed by atoms with E-state index in [1.165, 1.54) is 42.3 Å². The van der Waals surface area contributed by atoms with Crippen LogP contribution >= 0.6 is 23.1 Å². The number of carbonyl (C=O) groups is 2. The number of ether oxygens (including phenoxy) is 2. The first-order valence-corrected chi connectivity index (χ1v) is 15.5. The molecule has 10 nitrogen and oxygen atoms in total. The van der Waals surface area contributed by atoms with Crippen LogP contribution in [0.3, 0.4) is 0 Å². The molecule has 1 fully saturated rings. The van der Waals surface area contributed by atoms with Crippen LogP contribution in [0, 0.1) is 0 Å². The second-order valence-corrected chi connectivity index (χ2v) is 12.6. The highest BCUT2D eigenvalue weighted by Gasteiger charge is 2.24. The van der Waals surface area contributed by atoms with Crippen LogP contribution in [0.1, 0.15) is 31.4 Å². The molecule has 0 radical (unpaired) electrons. The lowest BCUT2D eigenvalue weighted by atomic mass is 9.94. The van der Waals surface area contributed by atoms with E-state index in [9.17, 15) is 18.0 Å². The summed E-state index contributed by atoms with van der Waals surface area (Å²) in [7, 11) is -2.00. The maximum atomic E-state index is 11.8. The van der Waals surface area contributed by atoms with Gasteiger partial charge in [0.15, 0.2) is 26.5 Å². The smallest absolute Gasteiger partial charge is 0.315 e. The molecule has 1 saturated heterocycles. The summed E-state index contributed by atoms with van der Waals surface area (Å²) in [5.74, 6) is 1.37. The first-order chi connectivity index (χ1) is 18.1. The van der Waals surface area contributed by atoms with Crippen LogP contribution < -0.4 is 10.1 Å². The normalized spacial score (nSPS) is 14.2. The number of thioether (sulfide) groups is 1. The Hall–Kier alpha value is -3.16. The molecule has 0 spiro atoms. The van der Waals surface area contributed by atoms with E-state index in [1.54, 1.807) is 31.3 Å². The van der Waals surface area contributed by atoms with Gasteiger partial charge in [0, 0.05) is 48.7 Å². The third-order valence-electron chi connectivity index (χ3n) is 6.00. The van der Waals surface area contributed by atoms with Crippen molar-refractivity contribution in [2.45, 2.75) is 35.5 Å². The van der Waals surface area contributed by atoms with Crippen molar-refractivity contribution in [1.82, 2.24) is 14.9 Å². The minimum Gasteiger partial charge on any atom is -0.468 e. The number of carbonyl (C=O) groups excluding carboxylic acids is 2. The van der Waals surface area contributed by atoms with E-state index in [2.05, 4.69) is 10.3 Å². The van der Waals surface area contributed by atoms with Crippen LogP contribution in [0.5, 0.6) is 11.5 Å². The van der Waals surface area contributed by atoms with E-state index in [0.29, 0.717) is 27.3 Å². The average Bonchev–Trinajstić information content (AvgIpc) is 3.37. The van der Waals surface area contributed by atoms with Gasteiger partial charge in [-0.1, -0.05) is 0 Å². The van der Waals surface area contributed by atoms with E-state index >= 15 is 0 Å². The van der Waals surface area contributed by atoms with Crippen LogP contribution in [0.2, 0.25) is 0 Å². The molecule has 13 heteroatoms. The average molecular weight is 577 g/mol. The number of aromatic nitrogens is 2. The number of pyridine rings is 1. The molecule has 1 amide bonds. The second kappa shape index (κ2) is 12.1. The largest absolute Gasteiger partial charge is 0.468 e. The number of methoxy groups -OCH3 is 1. The molecule has 0 atom stereocenters. The number of anilines is 2. The Bertz CT molecular complexity index is 1400. The number of likely N-dealkylation sites (tertiary alicyclic amines) is 1. The summed E-state index contributed by atoms with van der Waals surface area (Å²) in [5.41, 5.74) is 0.977. The van der Waals surface area contributed by atoms with Crippen LogP contribution in [-0.4, -0.2) is 67.4 Å². The van der Waals surface area contributed by atoms with Crippen LogP contribution in [-0.2, 0) is 24.2 Å². The van der Waals surface area contributed by atoms with E-state index in [-0.39, 0.29) is 28.4 Å². The number of esters is 1. The predicted molar refractivity (Wildman–Crippen MR) is 146 cm³/mol.